The van der Waals surface area contributed by atoms with E-state index in [0.29, 0.717) is 0 Å². The summed E-state index contributed by atoms with van der Waals surface area (Å²) in [5.41, 5.74) is 8.18. The van der Waals surface area contributed by atoms with Gasteiger partial charge in [0.05, 0.1) is 24.4 Å². The second kappa shape index (κ2) is 5.82. The van der Waals surface area contributed by atoms with E-state index in [2.05, 4.69) is 34.7 Å². The third-order valence-corrected chi connectivity index (χ3v) is 3.05. The van der Waals surface area contributed by atoms with Crippen molar-refractivity contribution in [1.29, 1.82) is 0 Å². The topological polar surface area (TPSA) is 61.7 Å². The number of hydrogen-bond acceptors (Lipinski definition) is 3. The Balaban J connectivity index is 2.19. The van der Waals surface area contributed by atoms with Crippen molar-refractivity contribution in [3.8, 4) is 11.3 Å². The predicted molar refractivity (Wildman–Crippen MR) is 72.0 cm³/mol. The molecule has 5 nitrogen and oxygen atoms in total. The molecule has 2 aromatic rings. The van der Waals surface area contributed by atoms with Gasteiger partial charge in [0.15, 0.2) is 0 Å². The Morgan fingerprint density at radius 2 is 2.17 bits per heavy atom. The number of imidazole rings is 1. The van der Waals surface area contributed by atoms with Gasteiger partial charge in [-0.2, -0.15) is 5.10 Å². The zero-order chi connectivity index (χ0) is 13.0. The molecule has 2 rings (SSSR count). The summed E-state index contributed by atoms with van der Waals surface area (Å²) >= 11 is 0. The maximum atomic E-state index is 5.99. The molecular formula is C13H21N5. The van der Waals surface area contributed by atoms with E-state index in [1.807, 2.05) is 23.4 Å². The molecule has 0 fully saturated rings. The van der Waals surface area contributed by atoms with Crippen LogP contribution in [0, 0.1) is 0 Å². The fourth-order valence-corrected chi connectivity index (χ4v) is 1.94. The van der Waals surface area contributed by atoms with Crippen LogP contribution in [0.3, 0.4) is 0 Å². The molecule has 2 heterocycles. The molecule has 0 aliphatic heterocycles. The first-order valence-corrected chi connectivity index (χ1v) is 6.53. The second-order valence-corrected chi connectivity index (χ2v) is 4.59. The minimum absolute atomic E-state index is 0.170. The van der Waals surface area contributed by atoms with Crippen LogP contribution in [-0.4, -0.2) is 25.4 Å². The average Bonchev–Trinajstić information content (AvgIpc) is 2.98. The van der Waals surface area contributed by atoms with E-state index in [-0.39, 0.29) is 6.04 Å². The Morgan fingerprint density at radius 1 is 1.33 bits per heavy atom. The molecule has 2 N–H and O–H groups in total. The Kier molecular flexibility index (Phi) is 4.15. The number of hydrogen-bond donors (Lipinski definition) is 1. The van der Waals surface area contributed by atoms with Crippen molar-refractivity contribution >= 4 is 0 Å². The van der Waals surface area contributed by atoms with Crippen LogP contribution >= 0.6 is 0 Å². The van der Waals surface area contributed by atoms with Crippen LogP contribution < -0.4 is 5.73 Å². The van der Waals surface area contributed by atoms with Crippen LogP contribution in [0.4, 0.5) is 0 Å². The Hall–Kier alpha value is -1.62. The molecule has 0 aliphatic carbocycles. The molecule has 1 atom stereocenters. The first kappa shape index (κ1) is 12.8. The van der Waals surface area contributed by atoms with Crippen LogP contribution in [0.25, 0.3) is 11.3 Å². The van der Waals surface area contributed by atoms with Crippen molar-refractivity contribution in [2.45, 2.75) is 45.8 Å². The summed E-state index contributed by atoms with van der Waals surface area (Å²) in [5.74, 6) is 0. The molecule has 2 aromatic heterocycles. The molecule has 0 aromatic carbocycles. The molecule has 0 spiro atoms. The highest BCUT2D eigenvalue weighted by atomic mass is 15.3. The quantitative estimate of drug-likeness (QED) is 0.848. The fourth-order valence-electron chi connectivity index (χ4n) is 1.94. The summed E-state index contributed by atoms with van der Waals surface area (Å²) in [7, 11) is 0. The smallest absolute Gasteiger partial charge is 0.0951 e. The SMILES string of the molecule is CCCn1cc(-c2cncn2CC(N)CC)cn1. The minimum atomic E-state index is 0.170. The first-order chi connectivity index (χ1) is 8.74. The van der Waals surface area contributed by atoms with Gasteiger partial charge in [0.2, 0.25) is 0 Å². The molecule has 5 heteroatoms. The van der Waals surface area contributed by atoms with E-state index in [9.17, 15) is 0 Å². The summed E-state index contributed by atoms with van der Waals surface area (Å²) < 4.78 is 4.06. The molecule has 0 aliphatic rings. The second-order valence-electron chi connectivity index (χ2n) is 4.59. The van der Waals surface area contributed by atoms with Crippen molar-refractivity contribution < 1.29 is 0 Å². The summed E-state index contributed by atoms with van der Waals surface area (Å²) in [6.45, 7) is 5.99. The number of aryl methyl sites for hydroxylation is 1. The van der Waals surface area contributed by atoms with Gasteiger partial charge in [-0.15, -0.1) is 0 Å². The highest BCUT2D eigenvalue weighted by Gasteiger charge is 2.09. The van der Waals surface area contributed by atoms with Gasteiger partial charge in [-0.1, -0.05) is 13.8 Å². The highest BCUT2D eigenvalue weighted by molar-refractivity contribution is 5.56. The highest BCUT2D eigenvalue weighted by Crippen LogP contribution is 2.18. The summed E-state index contributed by atoms with van der Waals surface area (Å²) in [5, 5.41) is 4.35. The van der Waals surface area contributed by atoms with E-state index >= 15 is 0 Å². The van der Waals surface area contributed by atoms with Gasteiger partial charge >= 0.3 is 0 Å². The van der Waals surface area contributed by atoms with Gasteiger partial charge in [0.25, 0.3) is 0 Å². The van der Waals surface area contributed by atoms with Gasteiger partial charge in [0, 0.05) is 30.9 Å². The van der Waals surface area contributed by atoms with E-state index in [4.69, 9.17) is 5.73 Å². The first-order valence-electron chi connectivity index (χ1n) is 6.53. The maximum absolute atomic E-state index is 5.99. The largest absolute Gasteiger partial charge is 0.329 e. The van der Waals surface area contributed by atoms with E-state index in [1.165, 1.54) is 0 Å². The Labute approximate surface area is 108 Å². The molecular weight excluding hydrogens is 226 g/mol. The molecule has 0 amide bonds. The maximum Gasteiger partial charge on any atom is 0.0951 e. The summed E-state index contributed by atoms with van der Waals surface area (Å²) in [4.78, 5) is 4.21. The molecule has 1 unspecified atom stereocenters. The fraction of sp³-hybridized carbons (Fsp3) is 0.538. The van der Waals surface area contributed by atoms with Gasteiger partial charge in [0.1, 0.15) is 0 Å². The lowest BCUT2D eigenvalue weighted by Crippen LogP contribution is -2.25. The monoisotopic (exact) mass is 247 g/mol. The number of nitrogens with zero attached hydrogens (tertiary/aromatic N) is 4. The van der Waals surface area contributed by atoms with E-state index < -0.39 is 0 Å². The molecule has 0 saturated carbocycles. The predicted octanol–water partition coefficient (Wildman–Crippen LogP) is 1.89. The summed E-state index contributed by atoms with van der Waals surface area (Å²) in [6.07, 6.45) is 9.71. The van der Waals surface area contributed by atoms with Crippen LogP contribution in [-0.2, 0) is 13.1 Å². The minimum Gasteiger partial charge on any atom is -0.329 e. The lowest BCUT2D eigenvalue weighted by molar-refractivity contribution is 0.541. The standard InChI is InChI=1S/C13H21N5/c1-3-5-18-8-11(6-16-18)13-7-15-10-17(13)9-12(14)4-2/h6-8,10,12H,3-5,9,14H2,1-2H3. The van der Waals surface area contributed by atoms with Gasteiger partial charge in [-0.05, 0) is 12.8 Å². The normalized spacial score (nSPS) is 12.8. The third kappa shape index (κ3) is 2.79. The molecule has 18 heavy (non-hydrogen) atoms. The number of nitrogens with two attached hydrogens (primary N) is 1. The molecule has 0 bridgehead atoms. The van der Waals surface area contributed by atoms with Gasteiger partial charge < -0.3 is 10.3 Å². The lowest BCUT2D eigenvalue weighted by Gasteiger charge is -2.11. The lowest BCUT2D eigenvalue weighted by atomic mass is 10.2. The Morgan fingerprint density at radius 3 is 2.89 bits per heavy atom. The number of aromatic nitrogens is 4. The van der Waals surface area contributed by atoms with Gasteiger partial charge in [-0.25, -0.2) is 4.98 Å². The Bertz CT molecular complexity index is 485. The van der Waals surface area contributed by atoms with E-state index in [1.54, 1.807) is 0 Å². The van der Waals surface area contributed by atoms with Crippen LogP contribution in [0.1, 0.15) is 26.7 Å². The van der Waals surface area contributed by atoms with Crippen LogP contribution in [0.2, 0.25) is 0 Å². The summed E-state index contributed by atoms with van der Waals surface area (Å²) in [6, 6.07) is 0.170. The molecule has 98 valence electrons. The van der Waals surface area contributed by atoms with Crippen molar-refractivity contribution in [1.82, 2.24) is 19.3 Å². The van der Waals surface area contributed by atoms with E-state index in [0.717, 1.165) is 37.2 Å². The van der Waals surface area contributed by atoms with Gasteiger partial charge in [-0.3, -0.25) is 4.68 Å². The van der Waals surface area contributed by atoms with Crippen molar-refractivity contribution in [3.05, 3.63) is 24.9 Å². The van der Waals surface area contributed by atoms with Crippen LogP contribution in [0.15, 0.2) is 24.9 Å². The zero-order valence-electron chi connectivity index (χ0n) is 11.1. The van der Waals surface area contributed by atoms with Crippen molar-refractivity contribution in [2.75, 3.05) is 0 Å². The zero-order valence-corrected chi connectivity index (χ0v) is 11.1. The molecule has 0 saturated heterocycles. The number of rotatable bonds is 6. The van der Waals surface area contributed by atoms with Crippen molar-refractivity contribution in [2.24, 2.45) is 5.73 Å². The van der Waals surface area contributed by atoms with Crippen molar-refractivity contribution in [3.63, 3.8) is 0 Å². The van der Waals surface area contributed by atoms with Crippen LogP contribution in [0.5, 0.6) is 0 Å². The third-order valence-electron chi connectivity index (χ3n) is 3.05. The average molecular weight is 247 g/mol. The molecule has 0 radical (unpaired) electrons.